The summed E-state index contributed by atoms with van der Waals surface area (Å²) in [4.78, 5) is 24.1. The predicted molar refractivity (Wildman–Crippen MR) is 78.5 cm³/mol. The number of piperidine rings is 1. The fraction of sp³-hybridized carbons (Fsp3) is 0.538. The number of carbonyl (C=O) groups is 2. The molecule has 23 heavy (non-hydrogen) atoms. The van der Waals surface area contributed by atoms with Gasteiger partial charge in [0.25, 0.3) is 0 Å². The second-order valence-corrected chi connectivity index (χ2v) is 6.10. The normalized spacial score (nSPS) is 18.6. The summed E-state index contributed by atoms with van der Waals surface area (Å²) < 4.78 is 31.7. The van der Waals surface area contributed by atoms with Crippen molar-refractivity contribution in [2.75, 3.05) is 18.4 Å². The number of carbonyl (C=O) groups excluding carboxylic acids is 1. The smallest absolute Gasteiger partial charge is 0.475 e. The quantitative estimate of drug-likeness (QED) is 0.726. The second-order valence-electron chi connectivity index (χ2n) is 5.10. The van der Waals surface area contributed by atoms with Crippen molar-refractivity contribution < 1.29 is 27.9 Å². The number of hydrogen-bond donors (Lipinski definition) is 3. The van der Waals surface area contributed by atoms with Crippen molar-refractivity contribution in [2.45, 2.75) is 31.6 Å². The summed E-state index contributed by atoms with van der Waals surface area (Å²) in [5.74, 6) is -2.76. The lowest BCUT2D eigenvalue weighted by Gasteiger charge is -2.36. The van der Waals surface area contributed by atoms with Crippen LogP contribution in [0.25, 0.3) is 0 Å². The van der Waals surface area contributed by atoms with Gasteiger partial charge in [0, 0.05) is 10.9 Å². The zero-order valence-electron chi connectivity index (χ0n) is 12.0. The van der Waals surface area contributed by atoms with Gasteiger partial charge in [0.1, 0.15) is 0 Å². The molecule has 0 radical (unpaired) electrons. The van der Waals surface area contributed by atoms with E-state index in [4.69, 9.17) is 9.90 Å². The van der Waals surface area contributed by atoms with Gasteiger partial charge in [0.15, 0.2) is 0 Å². The summed E-state index contributed by atoms with van der Waals surface area (Å²) in [6.45, 7) is 2.82. The highest BCUT2D eigenvalue weighted by atomic mass is 32.1. The van der Waals surface area contributed by atoms with Crippen LogP contribution in [0, 0.1) is 0 Å². The number of nitrogens with one attached hydrogen (secondary N) is 2. The summed E-state index contributed by atoms with van der Waals surface area (Å²) >= 11 is 1.72. The molecule has 10 heteroatoms. The van der Waals surface area contributed by atoms with Crippen LogP contribution in [0.2, 0.25) is 0 Å². The molecule has 1 saturated heterocycles. The van der Waals surface area contributed by atoms with Crippen LogP contribution >= 0.6 is 11.3 Å². The SMILES string of the molecule is O=C(O)C(F)(F)F.O=C1Nc2ccsc2CN1C1CCNCC1. The lowest BCUT2D eigenvalue weighted by atomic mass is 10.0. The maximum Gasteiger partial charge on any atom is 0.490 e. The number of halogens is 3. The van der Waals surface area contributed by atoms with E-state index >= 15 is 0 Å². The number of rotatable bonds is 1. The molecule has 0 spiro atoms. The van der Waals surface area contributed by atoms with E-state index < -0.39 is 12.1 Å². The van der Waals surface area contributed by atoms with Gasteiger partial charge < -0.3 is 20.6 Å². The maximum atomic E-state index is 12.0. The number of fused-ring (bicyclic) bond motifs is 1. The summed E-state index contributed by atoms with van der Waals surface area (Å²) in [6, 6.07) is 2.45. The standard InChI is InChI=1S/C11H15N3OS.C2HF3O2/c15-11-13-9-3-6-16-10(9)7-14(11)8-1-4-12-5-2-8;3-2(4,5)1(6)7/h3,6,8,12H,1-2,4-5,7H2,(H,13,15);(H,6,7). The van der Waals surface area contributed by atoms with Crippen LogP contribution in [0.15, 0.2) is 11.4 Å². The topological polar surface area (TPSA) is 81.7 Å². The Labute approximate surface area is 134 Å². The van der Waals surface area contributed by atoms with E-state index in [1.54, 1.807) is 11.3 Å². The lowest BCUT2D eigenvalue weighted by molar-refractivity contribution is -0.192. The summed E-state index contributed by atoms with van der Waals surface area (Å²) in [7, 11) is 0. The largest absolute Gasteiger partial charge is 0.490 e. The Morgan fingerprint density at radius 3 is 2.52 bits per heavy atom. The molecule has 0 atom stereocenters. The van der Waals surface area contributed by atoms with Gasteiger partial charge in [-0.25, -0.2) is 9.59 Å². The first-order valence-electron chi connectivity index (χ1n) is 6.94. The zero-order chi connectivity index (χ0) is 17.0. The first-order valence-corrected chi connectivity index (χ1v) is 7.82. The van der Waals surface area contributed by atoms with Crippen molar-refractivity contribution in [1.82, 2.24) is 10.2 Å². The van der Waals surface area contributed by atoms with Gasteiger partial charge in [-0.1, -0.05) is 0 Å². The van der Waals surface area contributed by atoms with Crippen LogP contribution in [-0.4, -0.2) is 47.3 Å². The fourth-order valence-corrected chi connectivity index (χ4v) is 3.23. The summed E-state index contributed by atoms with van der Waals surface area (Å²) in [6.07, 6.45) is -2.96. The van der Waals surface area contributed by atoms with Gasteiger partial charge in [-0.2, -0.15) is 13.2 Å². The van der Waals surface area contributed by atoms with E-state index in [9.17, 15) is 18.0 Å². The van der Waals surface area contributed by atoms with Crippen molar-refractivity contribution in [2.24, 2.45) is 0 Å². The number of nitrogens with zero attached hydrogens (tertiary/aromatic N) is 1. The number of carboxylic acid groups (broad SMARTS) is 1. The van der Waals surface area contributed by atoms with Gasteiger partial charge in [0.2, 0.25) is 0 Å². The lowest BCUT2D eigenvalue weighted by Crippen LogP contribution is -2.48. The van der Waals surface area contributed by atoms with Crippen molar-refractivity contribution in [3.05, 3.63) is 16.3 Å². The number of anilines is 1. The van der Waals surface area contributed by atoms with Gasteiger partial charge in [-0.15, -0.1) is 11.3 Å². The molecule has 2 amide bonds. The Kier molecular flexibility index (Phi) is 5.47. The molecule has 3 heterocycles. The van der Waals surface area contributed by atoms with E-state index in [1.807, 2.05) is 16.3 Å². The molecule has 3 rings (SSSR count). The number of hydrogen-bond acceptors (Lipinski definition) is 4. The minimum atomic E-state index is -5.08. The van der Waals surface area contributed by atoms with Crippen molar-refractivity contribution in [1.29, 1.82) is 0 Å². The molecule has 0 bridgehead atoms. The van der Waals surface area contributed by atoms with Gasteiger partial charge >= 0.3 is 18.2 Å². The predicted octanol–water partition coefficient (Wildman–Crippen LogP) is 2.48. The van der Waals surface area contributed by atoms with Crippen molar-refractivity contribution >= 4 is 29.0 Å². The Bertz CT molecular complexity index is 570. The molecule has 1 aromatic rings. The number of alkyl halides is 3. The van der Waals surface area contributed by atoms with Crippen LogP contribution in [0.3, 0.4) is 0 Å². The highest BCUT2D eigenvalue weighted by molar-refractivity contribution is 7.10. The van der Waals surface area contributed by atoms with E-state index in [0.29, 0.717) is 6.04 Å². The third-order valence-electron chi connectivity index (χ3n) is 3.55. The number of urea groups is 1. The average molecular weight is 351 g/mol. The van der Waals surface area contributed by atoms with Crippen LogP contribution in [-0.2, 0) is 11.3 Å². The highest BCUT2D eigenvalue weighted by Crippen LogP contribution is 2.30. The van der Waals surface area contributed by atoms with E-state index in [-0.39, 0.29) is 6.03 Å². The van der Waals surface area contributed by atoms with E-state index in [0.717, 1.165) is 38.2 Å². The van der Waals surface area contributed by atoms with Gasteiger partial charge in [-0.05, 0) is 37.4 Å². The molecule has 1 fully saturated rings. The Hall–Kier alpha value is -1.81. The first kappa shape index (κ1) is 17.5. The van der Waals surface area contributed by atoms with Crippen LogP contribution in [0.5, 0.6) is 0 Å². The Morgan fingerprint density at radius 1 is 1.35 bits per heavy atom. The Morgan fingerprint density at radius 2 is 1.96 bits per heavy atom. The molecular weight excluding hydrogens is 335 g/mol. The number of amides is 2. The molecular formula is C13H16F3N3O3S. The molecule has 128 valence electrons. The first-order chi connectivity index (χ1) is 10.8. The molecule has 1 aromatic heterocycles. The molecule has 3 N–H and O–H groups in total. The van der Waals surface area contributed by atoms with Crippen molar-refractivity contribution in [3.63, 3.8) is 0 Å². The molecule has 2 aliphatic rings. The monoisotopic (exact) mass is 351 g/mol. The molecule has 2 aliphatic heterocycles. The number of carboxylic acids is 1. The summed E-state index contributed by atoms with van der Waals surface area (Å²) in [5.41, 5.74) is 1.00. The second kappa shape index (κ2) is 7.18. The van der Waals surface area contributed by atoms with Crippen LogP contribution in [0.4, 0.5) is 23.7 Å². The number of aliphatic carboxylic acids is 1. The van der Waals surface area contributed by atoms with Gasteiger partial charge in [-0.3, -0.25) is 0 Å². The molecule has 6 nitrogen and oxygen atoms in total. The molecule has 0 aromatic carbocycles. The van der Waals surface area contributed by atoms with Crippen LogP contribution < -0.4 is 10.6 Å². The molecule has 0 unspecified atom stereocenters. The third kappa shape index (κ3) is 4.58. The zero-order valence-corrected chi connectivity index (χ0v) is 12.8. The van der Waals surface area contributed by atoms with Gasteiger partial charge in [0.05, 0.1) is 12.2 Å². The van der Waals surface area contributed by atoms with Crippen molar-refractivity contribution in [3.8, 4) is 0 Å². The average Bonchev–Trinajstić information content (AvgIpc) is 2.94. The maximum absolute atomic E-state index is 12.0. The molecule has 0 aliphatic carbocycles. The van der Waals surface area contributed by atoms with E-state index in [1.165, 1.54) is 4.88 Å². The third-order valence-corrected chi connectivity index (χ3v) is 4.46. The van der Waals surface area contributed by atoms with Crippen LogP contribution in [0.1, 0.15) is 17.7 Å². The minimum Gasteiger partial charge on any atom is -0.475 e. The Balaban J connectivity index is 0.000000236. The summed E-state index contributed by atoms with van der Waals surface area (Å²) in [5, 5.41) is 15.5. The molecule has 0 saturated carbocycles. The van der Waals surface area contributed by atoms with E-state index in [2.05, 4.69) is 10.6 Å². The number of thiophene rings is 1. The highest BCUT2D eigenvalue weighted by Gasteiger charge is 2.38. The fourth-order valence-electron chi connectivity index (χ4n) is 2.40. The minimum absolute atomic E-state index is 0.0674.